The number of thiophene rings is 1. The van der Waals surface area contributed by atoms with Crippen LogP contribution in [-0.2, 0) is 21.2 Å². The number of hydrogen-bond acceptors (Lipinski definition) is 6. The predicted octanol–water partition coefficient (Wildman–Crippen LogP) is 1.72. The molecule has 0 unspecified atom stereocenters. The molecule has 0 radical (unpaired) electrons. The van der Waals surface area contributed by atoms with Crippen LogP contribution in [0.3, 0.4) is 0 Å². The molecule has 1 aliphatic rings. The molecule has 9 heteroatoms. The van der Waals surface area contributed by atoms with E-state index in [1.165, 1.54) is 12.1 Å². The second-order valence-corrected chi connectivity index (χ2v) is 9.61. The molecule has 1 aliphatic heterocycles. The molecular weight excluding hydrogens is 410 g/mol. The third-order valence-corrected chi connectivity index (χ3v) is 7.12. The number of sulfonamides is 1. The zero-order valence-electron chi connectivity index (χ0n) is 16.3. The smallest absolute Gasteiger partial charge is 0.251 e. The van der Waals surface area contributed by atoms with Crippen LogP contribution in [0.5, 0.6) is 0 Å². The molecule has 1 aromatic carbocycles. The quantitative estimate of drug-likeness (QED) is 0.553. The third-order valence-electron chi connectivity index (χ3n) is 4.71. The molecule has 29 heavy (non-hydrogen) atoms. The highest BCUT2D eigenvalue weighted by Crippen LogP contribution is 2.12. The maximum Gasteiger partial charge on any atom is 0.251 e. The van der Waals surface area contributed by atoms with E-state index in [2.05, 4.69) is 14.9 Å². The standard InChI is InChI=1S/C20H27N3O4S2/c24-20(21-9-2-11-23-12-14-27-15-13-23)17-4-6-19(7-5-17)29(25,26)22-10-8-18-3-1-16-28-18/h1,3-7,16,22H,2,8-15H2,(H,21,24). The van der Waals surface area contributed by atoms with Crippen LogP contribution in [-0.4, -0.2) is 65.2 Å². The van der Waals surface area contributed by atoms with Crippen LogP contribution < -0.4 is 10.0 Å². The number of carbonyl (C=O) groups excluding carboxylic acids is 1. The van der Waals surface area contributed by atoms with Crippen LogP contribution in [0.2, 0.25) is 0 Å². The Kier molecular flexibility index (Phi) is 8.19. The van der Waals surface area contributed by atoms with E-state index < -0.39 is 10.0 Å². The lowest BCUT2D eigenvalue weighted by molar-refractivity contribution is 0.0374. The van der Waals surface area contributed by atoms with Crippen molar-refractivity contribution in [3.8, 4) is 0 Å². The minimum absolute atomic E-state index is 0.160. The Labute approximate surface area is 176 Å². The number of nitrogens with one attached hydrogen (secondary N) is 2. The summed E-state index contributed by atoms with van der Waals surface area (Å²) in [6.07, 6.45) is 1.52. The van der Waals surface area contributed by atoms with Gasteiger partial charge in [-0.25, -0.2) is 13.1 Å². The van der Waals surface area contributed by atoms with E-state index in [1.54, 1.807) is 23.5 Å². The van der Waals surface area contributed by atoms with Crippen LogP contribution in [0.1, 0.15) is 21.7 Å². The lowest BCUT2D eigenvalue weighted by Gasteiger charge is -2.26. The van der Waals surface area contributed by atoms with Crippen LogP contribution in [0.25, 0.3) is 0 Å². The van der Waals surface area contributed by atoms with Crippen LogP contribution >= 0.6 is 11.3 Å². The first-order valence-electron chi connectivity index (χ1n) is 9.75. The Balaban J connectivity index is 1.42. The molecule has 1 fully saturated rings. The zero-order valence-corrected chi connectivity index (χ0v) is 17.9. The van der Waals surface area contributed by atoms with Crippen molar-refractivity contribution < 1.29 is 17.9 Å². The Morgan fingerprint density at radius 2 is 1.86 bits per heavy atom. The van der Waals surface area contributed by atoms with Gasteiger partial charge in [0, 0.05) is 36.6 Å². The van der Waals surface area contributed by atoms with Crippen molar-refractivity contribution in [1.82, 2.24) is 14.9 Å². The molecule has 2 aromatic rings. The Bertz CT molecular complexity index is 862. The fraction of sp³-hybridized carbons (Fsp3) is 0.450. The highest BCUT2D eigenvalue weighted by Gasteiger charge is 2.15. The van der Waals surface area contributed by atoms with Gasteiger partial charge in [-0.2, -0.15) is 0 Å². The van der Waals surface area contributed by atoms with E-state index in [9.17, 15) is 13.2 Å². The van der Waals surface area contributed by atoms with Gasteiger partial charge in [-0.15, -0.1) is 11.3 Å². The van der Waals surface area contributed by atoms with E-state index in [1.807, 2.05) is 17.5 Å². The number of nitrogens with zero attached hydrogens (tertiary/aromatic N) is 1. The fourth-order valence-electron chi connectivity index (χ4n) is 3.06. The number of benzene rings is 1. The summed E-state index contributed by atoms with van der Waals surface area (Å²) in [5.74, 6) is -0.193. The van der Waals surface area contributed by atoms with Gasteiger partial charge in [0.15, 0.2) is 0 Å². The SMILES string of the molecule is O=C(NCCCN1CCOCC1)c1ccc(S(=O)(=O)NCCc2cccs2)cc1. The molecule has 0 atom stereocenters. The molecular formula is C20H27N3O4S2. The zero-order chi connectivity index (χ0) is 20.5. The molecule has 0 aliphatic carbocycles. The van der Waals surface area contributed by atoms with Crippen LogP contribution in [0, 0.1) is 0 Å². The van der Waals surface area contributed by atoms with Crippen molar-refractivity contribution in [1.29, 1.82) is 0 Å². The van der Waals surface area contributed by atoms with Crippen LogP contribution in [0.15, 0.2) is 46.7 Å². The van der Waals surface area contributed by atoms with Gasteiger partial charge in [-0.3, -0.25) is 9.69 Å². The topological polar surface area (TPSA) is 87.7 Å². The van der Waals surface area contributed by atoms with Gasteiger partial charge in [-0.05, 0) is 55.1 Å². The molecule has 2 N–H and O–H groups in total. The number of morpholine rings is 1. The molecule has 1 aromatic heterocycles. The number of rotatable bonds is 10. The minimum Gasteiger partial charge on any atom is -0.379 e. The van der Waals surface area contributed by atoms with Crippen molar-refractivity contribution in [2.75, 3.05) is 45.9 Å². The van der Waals surface area contributed by atoms with Gasteiger partial charge in [0.1, 0.15) is 0 Å². The second kappa shape index (κ2) is 10.8. The van der Waals surface area contributed by atoms with E-state index in [4.69, 9.17) is 4.74 Å². The van der Waals surface area contributed by atoms with Gasteiger partial charge < -0.3 is 10.1 Å². The van der Waals surface area contributed by atoms with Crippen molar-refractivity contribution in [3.05, 3.63) is 52.2 Å². The first kappa shape index (κ1) is 21.9. The van der Waals surface area contributed by atoms with E-state index >= 15 is 0 Å². The fourth-order valence-corrected chi connectivity index (χ4v) is 4.80. The van der Waals surface area contributed by atoms with Gasteiger partial charge >= 0.3 is 0 Å². The average molecular weight is 438 g/mol. The van der Waals surface area contributed by atoms with Crippen molar-refractivity contribution in [2.24, 2.45) is 0 Å². The van der Waals surface area contributed by atoms with E-state index in [0.717, 1.165) is 44.1 Å². The number of hydrogen-bond donors (Lipinski definition) is 2. The summed E-state index contributed by atoms with van der Waals surface area (Å²) < 4.78 is 32.7. The Morgan fingerprint density at radius 1 is 1.10 bits per heavy atom. The summed E-state index contributed by atoms with van der Waals surface area (Å²) in [7, 11) is -3.58. The van der Waals surface area contributed by atoms with E-state index in [0.29, 0.717) is 25.1 Å². The van der Waals surface area contributed by atoms with Crippen molar-refractivity contribution >= 4 is 27.3 Å². The summed E-state index contributed by atoms with van der Waals surface area (Å²) in [6.45, 7) is 5.26. The second-order valence-electron chi connectivity index (χ2n) is 6.81. The first-order valence-corrected chi connectivity index (χ1v) is 12.1. The van der Waals surface area contributed by atoms with Gasteiger partial charge in [-0.1, -0.05) is 6.07 Å². The first-order chi connectivity index (χ1) is 14.0. The number of ether oxygens (including phenoxy) is 1. The normalized spacial score (nSPS) is 15.3. The maximum atomic E-state index is 12.4. The molecule has 0 spiro atoms. The third kappa shape index (κ3) is 6.90. The molecule has 2 heterocycles. The summed E-state index contributed by atoms with van der Waals surface area (Å²) in [4.78, 5) is 15.9. The van der Waals surface area contributed by atoms with Crippen molar-refractivity contribution in [3.63, 3.8) is 0 Å². The average Bonchev–Trinajstić information content (AvgIpc) is 3.25. The predicted molar refractivity (Wildman–Crippen MR) is 114 cm³/mol. The number of carbonyl (C=O) groups is 1. The highest BCUT2D eigenvalue weighted by molar-refractivity contribution is 7.89. The summed E-state index contributed by atoms with van der Waals surface area (Å²) >= 11 is 1.60. The molecule has 7 nitrogen and oxygen atoms in total. The lowest BCUT2D eigenvalue weighted by atomic mass is 10.2. The summed E-state index contributed by atoms with van der Waals surface area (Å²) in [5, 5.41) is 4.85. The van der Waals surface area contributed by atoms with Gasteiger partial charge in [0.05, 0.1) is 18.1 Å². The Hall–Kier alpha value is -1.78. The number of amides is 1. The largest absolute Gasteiger partial charge is 0.379 e. The molecule has 0 bridgehead atoms. The van der Waals surface area contributed by atoms with Crippen molar-refractivity contribution in [2.45, 2.75) is 17.7 Å². The molecule has 1 saturated heterocycles. The molecule has 158 valence electrons. The van der Waals surface area contributed by atoms with Gasteiger partial charge in [0.25, 0.3) is 5.91 Å². The minimum atomic E-state index is -3.58. The summed E-state index contributed by atoms with van der Waals surface area (Å²) in [6, 6.07) is 9.96. The molecule has 1 amide bonds. The highest BCUT2D eigenvalue weighted by atomic mass is 32.2. The molecule has 3 rings (SSSR count). The lowest BCUT2D eigenvalue weighted by Crippen LogP contribution is -2.38. The molecule has 0 saturated carbocycles. The monoisotopic (exact) mass is 437 g/mol. The van der Waals surface area contributed by atoms with E-state index in [-0.39, 0.29) is 10.8 Å². The summed E-state index contributed by atoms with van der Waals surface area (Å²) in [5.41, 5.74) is 0.453. The maximum absolute atomic E-state index is 12.4. The van der Waals surface area contributed by atoms with Crippen LogP contribution in [0.4, 0.5) is 0 Å². The Morgan fingerprint density at radius 3 is 2.55 bits per heavy atom. The van der Waals surface area contributed by atoms with Gasteiger partial charge in [0.2, 0.25) is 10.0 Å².